The molecule has 0 spiro atoms. The molecule has 2 aromatic rings. The van der Waals surface area contributed by atoms with Crippen molar-refractivity contribution < 1.29 is 9.53 Å². The molecule has 0 radical (unpaired) electrons. The van der Waals surface area contributed by atoms with Gasteiger partial charge in [0.15, 0.2) is 6.10 Å². The average Bonchev–Trinajstić information content (AvgIpc) is 2.95. The summed E-state index contributed by atoms with van der Waals surface area (Å²) in [4.78, 5) is 12.1. The fourth-order valence-corrected chi connectivity index (χ4v) is 2.54. The number of benzene rings is 1. The fraction of sp³-hybridized carbons (Fsp3) is 0.333. The Labute approximate surface area is 132 Å². The van der Waals surface area contributed by atoms with Gasteiger partial charge in [-0.25, -0.2) is 0 Å². The number of anilines is 1. The van der Waals surface area contributed by atoms with Gasteiger partial charge in [-0.15, -0.1) is 10.2 Å². The van der Waals surface area contributed by atoms with E-state index in [1.165, 1.54) is 11.3 Å². The van der Waals surface area contributed by atoms with Gasteiger partial charge in [0, 0.05) is 6.42 Å². The van der Waals surface area contributed by atoms with E-state index in [4.69, 9.17) is 10.00 Å². The largest absolute Gasteiger partial charge is 0.481 e. The van der Waals surface area contributed by atoms with Crippen molar-refractivity contribution in [3.63, 3.8) is 0 Å². The fourth-order valence-electron chi connectivity index (χ4n) is 1.69. The van der Waals surface area contributed by atoms with Gasteiger partial charge in [-0.05, 0) is 37.6 Å². The third-order valence-corrected chi connectivity index (χ3v) is 3.72. The Morgan fingerprint density at radius 2 is 2.14 bits per heavy atom. The van der Waals surface area contributed by atoms with Crippen LogP contribution in [0, 0.1) is 11.3 Å². The lowest BCUT2D eigenvalue weighted by Gasteiger charge is -2.13. The molecule has 0 aliphatic heterocycles. The first-order chi connectivity index (χ1) is 10.6. The van der Waals surface area contributed by atoms with Gasteiger partial charge in [0.2, 0.25) is 5.13 Å². The van der Waals surface area contributed by atoms with Crippen LogP contribution >= 0.6 is 11.3 Å². The number of carbonyl (C=O) groups is 1. The molecule has 0 saturated carbocycles. The average molecular weight is 316 g/mol. The van der Waals surface area contributed by atoms with Crippen molar-refractivity contribution in [1.29, 1.82) is 5.26 Å². The van der Waals surface area contributed by atoms with E-state index in [0.29, 0.717) is 16.4 Å². The number of carbonyl (C=O) groups excluding carboxylic acids is 1. The van der Waals surface area contributed by atoms with Gasteiger partial charge in [0.25, 0.3) is 5.91 Å². The first kappa shape index (κ1) is 15.9. The van der Waals surface area contributed by atoms with E-state index in [9.17, 15) is 4.79 Å². The molecule has 1 atom stereocenters. The van der Waals surface area contributed by atoms with Gasteiger partial charge in [-0.2, -0.15) is 5.26 Å². The number of ether oxygens (including phenoxy) is 1. The number of aromatic nitrogens is 2. The summed E-state index contributed by atoms with van der Waals surface area (Å²) in [5.41, 5.74) is 0.543. The molecule has 1 heterocycles. The molecule has 0 fully saturated rings. The number of nitriles is 1. The molecule has 7 heteroatoms. The summed E-state index contributed by atoms with van der Waals surface area (Å²) in [7, 11) is 0. The second-order valence-corrected chi connectivity index (χ2v) is 5.70. The summed E-state index contributed by atoms with van der Waals surface area (Å²) in [6.45, 7) is 3.72. The van der Waals surface area contributed by atoms with Crippen LogP contribution in [0.1, 0.15) is 30.8 Å². The van der Waals surface area contributed by atoms with Gasteiger partial charge in [-0.1, -0.05) is 18.3 Å². The highest BCUT2D eigenvalue weighted by atomic mass is 32.1. The highest BCUT2D eigenvalue weighted by molar-refractivity contribution is 7.15. The van der Waals surface area contributed by atoms with Crippen molar-refractivity contribution >= 4 is 22.4 Å². The predicted molar refractivity (Wildman–Crippen MR) is 83.8 cm³/mol. The Balaban J connectivity index is 1.91. The quantitative estimate of drug-likeness (QED) is 0.885. The molecule has 114 valence electrons. The zero-order chi connectivity index (χ0) is 15.9. The number of nitrogens with one attached hydrogen (secondary N) is 1. The molecule has 6 nitrogen and oxygen atoms in total. The Morgan fingerprint density at radius 3 is 2.77 bits per heavy atom. The van der Waals surface area contributed by atoms with Crippen LogP contribution < -0.4 is 10.1 Å². The van der Waals surface area contributed by atoms with Gasteiger partial charge in [-0.3, -0.25) is 10.1 Å². The van der Waals surface area contributed by atoms with Crippen molar-refractivity contribution in [1.82, 2.24) is 10.2 Å². The second kappa shape index (κ2) is 7.52. The Morgan fingerprint density at radius 1 is 1.41 bits per heavy atom. The first-order valence-electron chi connectivity index (χ1n) is 6.92. The molecule has 1 unspecified atom stereocenters. The number of hydrogen-bond acceptors (Lipinski definition) is 6. The topological polar surface area (TPSA) is 87.9 Å². The number of aryl methyl sites for hydroxylation is 1. The highest BCUT2D eigenvalue weighted by Crippen LogP contribution is 2.18. The standard InChI is InChI=1S/C15H16N4O2S/c1-3-4-13-18-19-15(22-13)17-14(20)10(2)21-12-7-5-11(9-16)6-8-12/h5-8,10H,3-4H2,1-2H3,(H,17,19,20). The van der Waals surface area contributed by atoms with Crippen LogP contribution in [0.5, 0.6) is 5.75 Å². The molecule has 0 aliphatic carbocycles. The van der Waals surface area contributed by atoms with Crippen molar-refractivity contribution in [2.75, 3.05) is 5.32 Å². The number of nitrogens with zero attached hydrogens (tertiary/aromatic N) is 3. The van der Waals surface area contributed by atoms with Crippen LogP contribution in [0.3, 0.4) is 0 Å². The minimum absolute atomic E-state index is 0.288. The molecule has 1 amide bonds. The van der Waals surface area contributed by atoms with Gasteiger partial charge in [0.1, 0.15) is 10.8 Å². The van der Waals surface area contributed by atoms with Crippen LogP contribution in [0.25, 0.3) is 0 Å². The molecule has 0 aliphatic rings. The van der Waals surface area contributed by atoms with Gasteiger partial charge in [0.05, 0.1) is 11.6 Å². The normalized spacial score (nSPS) is 11.5. The van der Waals surface area contributed by atoms with Crippen molar-refractivity contribution in [2.24, 2.45) is 0 Å². The maximum absolute atomic E-state index is 12.1. The second-order valence-electron chi connectivity index (χ2n) is 4.64. The van der Waals surface area contributed by atoms with E-state index in [1.54, 1.807) is 31.2 Å². The Bertz CT molecular complexity index is 676. The van der Waals surface area contributed by atoms with Crippen LogP contribution in [0.4, 0.5) is 5.13 Å². The van der Waals surface area contributed by atoms with E-state index in [-0.39, 0.29) is 5.91 Å². The lowest BCUT2D eigenvalue weighted by atomic mass is 10.2. The molecule has 0 saturated heterocycles. The van der Waals surface area contributed by atoms with Crippen LogP contribution in [0.2, 0.25) is 0 Å². The predicted octanol–water partition coefficient (Wildman–Crippen LogP) is 2.77. The lowest BCUT2D eigenvalue weighted by molar-refractivity contribution is -0.122. The minimum atomic E-state index is -0.675. The van der Waals surface area contributed by atoms with E-state index < -0.39 is 6.10 Å². The third-order valence-electron chi connectivity index (χ3n) is 2.83. The summed E-state index contributed by atoms with van der Waals surface area (Å²) in [5, 5.41) is 20.7. The number of rotatable bonds is 6. The number of amides is 1. The molecule has 1 aromatic carbocycles. The highest BCUT2D eigenvalue weighted by Gasteiger charge is 2.16. The Kier molecular flexibility index (Phi) is 5.44. The lowest BCUT2D eigenvalue weighted by Crippen LogP contribution is -2.30. The smallest absolute Gasteiger partial charge is 0.266 e. The van der Waals surface area contributed by atoms with Crippen molar-refractivity contribution in [2.45, 2.75) is 32.8 Å². The summed E-state index contributed by atoms with van der Waals surface area (Å²) >= 11 is 1.37. The zero-order valence-corrected chi connectivity index (χ0v) is 13.2. The van der Waals surface area contributed by atoms with Crippen molar-refractivity contribution in [3.05, 3.63) is 34.8 Å². The molecular formula is C15H16N4O2S. The monoisotopic (exact) mass is 316 g/mol. The minimum Gasteiger partial charge on any atom is -0.481 e. The van der Waals surface area contributed by atoms with Gasteiger partial charge < -0.3 is 4.74 Å². The number of hydrogen-bond donors (Lipinski definition) is 1. The van der Waals surface area contributed by atoms with Crippen LogP contribution in [-0.4, -0.2) is 22.2 Å². The summed E-state index contributed by atoms with van der Waals surface area (Å²) in [6, 6.07) is 8.63. The van der Waals surface area contributed by atoms with Crippen LogP contribution in [-0.2, 0) is 11.2 Å². The maximum atomic E-state index is 12.1. The first-order valence-corrected chi connectivity index (χ1v) is 7.74. The van der Waals surface area contributed by atoms with E-state index in [1.807, 2.05) is 6.07 Å². The van der Waals surface area contributed by atoms with E-state index in [0.717, 1.165) is 17.8 Å². The molecular weight excluding hydrogens is 300 g/mol. The molecule has 22 heavy (non-hydrogen) atoms. The van der Waals surface area contributed by atoms with E-state index >= 15 is 0 Å². The summed E-state index contributed by atoms with van der Waals surface area (Å²) in [6.07, 6.45) is 1.16. The third kappa shape index (κ3) is 4.27. The van der Waals surface area contributed by atoms with Gasteiger partial charge >= 0.3 is 0 Å². The molecule has 1 N–H and O–H groups in total. The maximum Gasteiger partial charge on any atom is 0.266 e. The zero-order valence-electron chi connectivity index (χ0n) is 12.4. The van der Waals surface area contributed by atoms with E-state index in [2.05, 4.69) is 22.4 Å². The molecule has 1 aromatic heterocycles. The molecule has 2 rings (SSSR count). The summed E-state index contributed by atoms with van der Waals surface area (Å²) in [5.74, 6) is 0.245. The molecule has 0 bridgehead atoms. The van der Waals surface area contributed by atoms with Crippen molar-refractivity contribution in [3.8, 4) is 11.8 Å². The Hall–Kier alpha value is -2.46. The SMILES string of the molecule is CCCc1nnc(NC(=O)C(C)Oc2ccc(C#N)cc2)s1. The van der Waals surface area contributed by atoms with Crippen LogP contribution in [0.15, 0.2) is 24.3 Å². The summed E-state index contributed by atoms with van der Waals surface area (Å²) < 4.78 is 5.54.